The average Bonchev–Trinajstić information content (AvgIpc) is 3.01. The van der Waals surface area contributed by atoms with Crippen molar-refractivity contribution >= 4 is 11.8 Å². The number of carbonyl (C=O) groups is 2. The number of halogens is 6. The third-order valence-corrected chi connectivity index (χ3v) is 8.52. The highest BCUT2D eigenvalue weighted by atomic mass is 19.4. The molecule has 254 valence electrons. The van der Waals surface area contributed by atoms with E-state index in [9.17, 15) is 31.5 Å². The third-order valence-electron chi connectivity index (χ3n) is 8.52. The van der Waals surface area contributed by atoms with Crippen LogP contribution < -0.4 is 11.1 Å². The number of morpholine rings is 1. The van der Waals surface area contributed by atoms with Crippen molar-refractivity contribution in [1.82, 2.24) is 5.32 Å². The van der Waals surface area contributed by atoms with Gasteiger partial charge < -0.3 is 20.5 Å². The van der Waals surface area contributed by atoms with Gasteiger partial charge in [-0.1, -0.05) is 43.3 Å². The van der Waals surface area contributed by atoms with Crippen molar-refractivity contribution in [2.24, 2.45) is 11.7 Å². The Labute approximate surface area is 269 Å². The van der Waals surface area contributed by atoms with Gasteiger partial charge in [0.15, 0.2) is 5.78 Å². The molecule has 0 aliphatic carbocycles. The molecule has 3 aromatic rings. The maximum Gasteiger partial charge on any atom is 0.392 e. The van der Waals surface area contributed by atoms with Crippen LogP contribution >= 0.6 is 0 Å². The molecule has 3 N–H and O–H groups in total. The van der Waals surface area contributed by atoms with Crippen molar-refractivity contribution < 1.29 is 45.4 Å². The van der Waals surface area contributed by atoms with Crippen LogP contribution in [0.2, 0.25) is 0 Å². The van der Waals surface area contributed by atoms with Crippen LogP contribution in [0, 0.1) is 23.4 Å². The molecule has 12 heteroatoms. The Morgan fingerprint density at radius 1 is 0.979 bits per heavy atom. The molecule has 1 aliphatic rings. The van der Waals surface area contributed by atoms with Crippen LogP contribution in [0.1, 0.15) is 54.9 Å². The number of carbonyl (C=O) groups excluding carboxylic acids is 2. The topological polar surface area (TPSA) is 90.7 Å². The van der Waals surface area contributed by atoms with E-state index in [0.29, 0.717) is 35.2 Å². The van der Waals surface area contributed by atoms with Crippen molar-refractivity contribution in [1.29, 1.82) is 0 Å². The number of nitrogens with one attached hydrogen (secondary N) is 1. The number of benzene rings is 3. The summed E-state index contributed by atoms with van der Waals surface area (Å²) in [5.41, 5.74) is 8.43. The summed E-state index contributed by atoms with van der Waals surface area (Å²) in [5.74, 6) is -5.27. The second-order valence-corrected chi connectivity index (χ2v) is 12.0. The van der Waals surface area contributed by atoms with Gasteiger partial charge in [-0.3, -0.25) is 9.59 Å². The van der Waals surface area contributed by atoms with E-state index in [1.54, 1.807) is 13.0 Å². The molecule has 0 unspecified atom stereocenters. The fraction of sp³-hybridized carbons (Fsp3) is 0.429. The first-order valence-corrected chi connectivity index (χ1v) is 15.4. The molecule has 1 fully saturated rings. The number of hydrogen-bond donors (Lipinski definition) is 2. The Balaban J connectivity index is 1.37. The second-order valence-electron chi connectivity index (χ2n) is 12.0. The molecule has 0 bridgehead atoms. The van der Waals surface area contributed by atoms with Gasteiger partial charge in [0, 0.05) is 18.9 Å². The number of rotatable bonds is 13. The van der Waals surface area contributed by atoms with Crippen molar-refractivity contribution in [2.75, 3.05) is 13.2 Å². The Morgan fingerprint density at radius 3 is 2.13 bits per heavy atom. The summed E-state index contributed by atoms with van der Waals surface area (Å²) < 4.78 is 91.7. The molecule has 3 aromatic carbocycles. The number of Topliss-reactive ketones (excluding diaryl/α,β-unsaturated/α-hetero) is 1. The monoisotopic (exact) mass is 664 g/mol. The number of alkyl halides is 3. The zero-order valence-electron chi connectivity index (χ0n) is 26.0. The molecule has 0 saturated carbocycles. The largest absolute Gasteiger partial charge is 0.464 e. The molecule has 1 saturated heterocycles. The number of hydrogen-bond acceptors (Lipinski definition) is 6. The standard InChI is InChI=1S/C35H38F6N2O4/c1-20(35(39,40)41)16-32(45)46-19-30-21(2)47-27(18-43-30)14-15-28-24(4-3-5-29(28)38)17-31(44)34(42)33(22-6-10-25(36)11-7-22)23-8-12-26(37)13-9-23/h3-13,20-21,27,30,33-34,43H,14-19,42H2,1-2H3/t20-,21-,27+,30+,34+/m0/s1. The SMILES string of the molecule is C[C@@H]1O[C@H](CCc2c(F)cccc2CC(=O)[C@@H](N)C(c2ccc(F)cc2)c2ccc(F)cc2)CN[C@@H]1COC(=O)C[C@H](C)C(F)(F)F. The van der Waals surface area contributed by atoms with E-state index in [-0.39, 0.29) is 31.3 Å². The number of nitrogens with two attached hydrogens (primary N) is 1. The number of ether oxygens (including phenoxy) is 2. The van der Waals surface area contributed by atoms with Gasteiger partial charge in [0.1, 0.15) is 24.1 Å². The van der Waals surface area contributed by atoms with E-state index in [4.69, 9.17) is 15.2 Å². The van der Waals surface area contributed by atoms with E-state index >= 15 is 4.39 Å². The summed E-state index contributed by atoms with van der Waals surface area (Å²) in [5, 5.41) is 3.19. The Kier molecular flexibility index (Phi) is 12.2. The average molecular weight is 665 g/mol. The zero-order chi connectivity index (χ0) is 34.3. The van der Waals surface area contributed by atoms with E-state index in [1.165, 1.54) is 60.7 Å². The summed E-state index contributed by atoms with van der Waals surface area (Å²) in [4.78, 5) is 25.5. The lowest BCUT2D eigenvalue weighted by Gasteiger charge is -2.35. The Bertz CT molecular complexity index is 1450. The highest BCUT2D eigenvalue weighted by molar-refractivity contribution is 5.87. The van der Waals surface area contributed by atoms with Crippen LogP contribution in [0.5, 0.6) is 0 Å². The lowest BCUT2D eigenvalue weighted by atomic mass is 9.82. The van der Waals surface area contributed by atoms with Crippen LogP contribution in [0.15, 0.2) is 66.7 Å². The van der Waals surface area contributed by atoms with Gasteiger partial charge in [-0.2, -0.15) is 13.2 Å². The van der Waals surface area contributed by atoms with Crippen LogP contribution in [-0.2, 0) is 31.9 Å². The molecule has 1 heterocycles. The van der Waals surface area contributed by atoms with Gasteiger partial charge in [-0.05, 0) is 72.4 Å². The first kappa shape index (κ1) is 36.1. The van der Waals surface area contributed by atoms with Gasteiger partial charge in [-0.15, -0.1) is 0 Å². The van der Waals surface area contributed by atoms with Gasteiger partial charge in [0.2, 0.25) is 0 Å². The first-order valence-electron chi connectivity index (χ1n) is 15.4. The third kappa shape index (κ3) is 9.88. The summed E-state index contributed by atoms with van der Waals surface area (Å²) in [7, 11) is 0. The fourth-order valence-corrected chi connectivity index (χ4v) is 5.66. The summed E-state index contributed by atoms with van der Waals surface area (Å²) >= 11 is 0. The van der Waals surface area contributed by atoms with Gasteiger partial charge in [0.05, 0.1) is 36.6 Å². The zero-order valence-corrected chi connectivity index (χ0v) is 26.0. The predicted octanol–water partition coefficient (Wildman–Crippen LogP) is 6.18. The highest BCUT2D eigenvalue weighted by Crippen LogP contribution is 2.30. The molecule has 4 rings (SSSR count). The van der Waals surface area contributed by atoms with Gasteiger partial charge >= 0.3 is 12.1 Å². The molecular weight excluding hydrogens is 626 g/mol. The number of ketones is 1. The van der Waals surface area contributed by atoms with E-state index in [2.05, 4.69) is 5.32 Å². The maximum absolute atomic E-state index is 15.1. The highest BCUT2D eigenvalue weighted by Gasteiger charge is 2.38. The van der Waals surface area contributed by atoms with Crippen molar-refractivity contribution in [3.05, 3.63) is 106 Å². The molecule has 0 radical (unpaired) electrons. The molecule has 0 aromatic heterocycles. The Hall–Kier alpha value is -3.74. The molecule has 1 aliphatic heterocycles. The first-order chi connectivity index (χ1) is 22.2. The minimum absolute atomic E-state index is 0.159. The van der Waals surface area contributed by atoms with Crippen LogP contribution in [0.4, 0.5) is 26.3 Å². The smallest absolute Gasteiger partial charge is 0.392 e. The summed E-state index contributed by atoms with van der Waals surface area (Å²) in [6.07, 6.45) is -5.61. The fourth-order valence-electron chi connectivity index (χ4n) is 5.66. The van der Waals surface area contributed by atoms with E-state index in [0.717, 1.165) is 6.92 Å². The minimum Gasteiger partial charge on any atom is -0.464 e. The summed E-state index contributed by atoms with van der Waals surface area (Å²) in [6.45, 7) is 2.83. The van der Waals surface area contributed by atoms with E-state index < -0.39 is 66.0 Å². The number of esters is 1. The molecule has 5 atom stereocenters. The lowest BCUT2D eigenvalue weighted by Crippen LogP contribution is -2.53. The van der Waals surface area contributed by atoms with Crippen molar-refractivity contribution in [2.45, 2.75) is 75.9 Å². The van der Waals surface area contributed by atoms with E-state index in [1.807, 2.05) is 0 Å². The second kappa shape index (κ2) is 15.9. The molecule has 6 nitrogen and oxygen atoms in total. The quantitative estimate of drug-likeness (QED) is 0.168. The molecule has 0 amide bonds. The summed E-state index contributed by atoms with van der Waals surface area (Å²) in [6, 6.07) is 14.0. The normalized spacial score (nSPS) is 19.7. The van der Waals surface area contributed by atoms with Gasteiger partial charge in [0.25, 0.3) is 0 Å². The van der Waals surface area contributed by atoms with Crippen LogP contribution in [-0.4, -0.2) is 55.4 Å². The Morgan fingerprint density at radius 2 is 1.57 bits per heavy atom. The van der Waals surface area contributed by atoms with Crippen LogP contribution in [0.3, 0.4) is 0 Å². The van der Waals surface area contributed by atoms with Gasteiger partial charge in [-0.25, -0.2) is 13.2 Å². The molecule has 47 heavy (non-hydrogen) atoms. The maximum atomic E-state index is 15.1. The molecular formula is C35H38F6N2O4. The predicted molar refractivity (Wildman–Crippen MR) is 163 cm³/mol. The van der Waals surface area contributed by atoms with Crippen LogP contribution in [0.25, 0.3) is 0 Å². The lowest BCUT2D eigenvalue weighted by molar-refractivity contribution is -0.181. The van der Waals surface area contributed by atoms with Crippen molar-refractivity contribution in [3.8, 4) is 0 Å². The van der Waals surface area contributed by atoms with Crippen molar-refractivity contribution in [3.63, 3.8) is 0 Å². The minimum atomic E-state index is -4.49. The molecule has 0 spiro atoms.